The highest BCUT2D eigenvalue weighted by molar-refractivity contribution is 5.23. The first-order valence-corrected chi connectivity index (χ1v) is 8.85. The van der Waals surface area contributed by atoms with Gasteiger partial charge in [-0.3, -0.25) is 9.88 Å². The largest absolute Gasteiger partial charge is 0.385 e. The maximum absolute atomic E-state index is 14.0. The van der Waals surface area contributed by atoms with Gasteiger partial charge in [0, 0.05) is 49.1 Å². The van der Waals surface area contributed by atoms with Crippen molar-refractivity contribution in [2.45, 2.75) is 31.4 Å². The molecule has 0 amide bonds. The van der Waals surface area contributed by atoms with Crippen LogP contribution in [0.1, 0.15) is 30.4 Å². The normalized spacial score (nSPS) is 29.6. The number of benzene rings is 1. The number of hydrogen-bond donors (Lipinski definition) is 1. The molecule has 1 aromatic heterocycles. The number of fused-ring (bicyclic) bond motifs is 1. The van der Waals surface area contributed by atoms with Crippen LogP contribution in [0.5, 0.6) is 0 Å². The molecule has 3 nitrogen and oxygen atoms in total. The minimum atomic E-state index is -0.883. The first kappa shape index (κ1) is 16.6. The van der Waals surface area contributed by atoms with Crippen molar-refractivity contribution in [1.29, 1.82) is 0 Å². The predicted molar refractivity (Wildman–Crippen MR) is 90.6 cm³/mol. The van der Waals surface area contributed by atoms with Gasteiger partial charge in [-0.2, -0.15) is 0 Å². The second-order valence-corrected chi connectivity index (χ2v) is 7.35. The van der Waals surface area contributed by atoms with Gasteiger partial charge in [0.2, 0.25) is 0 Å². The molecule has 1 aromatic carbocycles. The minimum absolute atomic E-state index is 0.0991. The van der Waals surface area contributed by atoms with Crippen LogP contribution < -0.4 is 0 Å². The van der Waals surface area contributed by atoms with Crippen molar-refractivity contribution >= 4 is 0 Å². The second kappa shape index (κ2) is 6.46. The summed E-state index contributed by atoms with van der Waals surface area (Å²) in [6.07, 6.45) is 6.21. The number of aromatic nitrogens is 1. The molecule has 5 heteroatoms. The lowest BCUT2D eigenvalue weighted by Crippen LogP contribution is -2.42. The molecule has 0 bridgehead atoms. The predicted octanol–water partition coefficient (Wildman–Crippen LogP) is 3.48. The van der Waals surface area contributed by atoms with Gasteiger partial charge < -0.3 is 5.11 Å². The zero-order chi connectivity index (χ0) is 17.4. The van der Waals surface area contributed by atoms with E-state index >= 15 is 0 Å². The maximum Gasteiger partial charge on any atom is 0.127 e. The summed E-state index contributed by atoms with van der Waals surface area (Å²) < 4.78 is 27.4. The SMILES string of the molecule is O[C@@]1(c2cccnc2)CCC[C@@H]2CN(Cc3cc(F)ccc3F)C[C@@H]21. The number of rotatable bonds is 3. The Morgan fingerprint density at radius 2 is 2.12 bits per heavy atom. The molecule has 1 N–H and O–H groups in total. The van der Waals surface area contributed by atoms with Crippen LogP contribution in [0, 0.1) is 23.5 Å². The summed E-state index contributed by atoms with van der Waals surface area (Å²) in [5, 5.41) is 11.4. The molecular formula is C20H22F2N2O. The van der Waals surface area contributed by atoms with Crippen molar-refractivity contribution in [3.63, 3.8) is 0 Å². The molecule has 0 unspecified atom stereocenters. The standard InChI is InChI=1S/C20H22F2N2O/c21-17-5-6-19(22)15(9-17)12-24-11-14-3-1-7-20(25,18(14)13-24)16-4-2-8-23-10-16/h2,4-6,8-10,14,18,25H,1,3,7,11-13H2/t14-,18+,20-/m1/s1. The lowest BCUT2D eigenvalue weighted by Gasteiger charge is -2.41. The first-order valence-electron chi connectivity index (χ1n) is 8.85. The molecule has 1 saturated heterocycles. The number of pyridine rings is 1. The Labute approximate surface area is 146 Å². The number of hydrogen-bond acceptors (Lipinski definition) is 3. The average Bonchev–Trinajstić information content (AvgIpc) is 3.03. The molecule has 2 fully saturated rings. The highest BCUT2D eigenvalue weighted by atomic mass is 19.1. The third-order valence-corrected chi connectivity index (χ3v) is 5.83. The fourth-order valence-electron chi connectivity index (χ4n) is 4.62. The zero-order valence-corrected chi connectivity index (χ0v) is 14.0. The number of likely N-dealkylation sites (tertiary alicyclic amines) is 1. The Hall–Kier alpha value is -1.85. The maximum atomic E-state index is 14.0. The van der Waals surface area contributed by atoms with E-state index in [1.54, 1.807) is 12.4 Å². The molecule has 0 radical (unpaired) electrons. The van der Waals surface area contributed by atoms with Gasteiger partial charge in [0.25, 0.3) is 0 Å². The first-order chi connectivity index (χ1) is 12.1. The average molecular weight is 344 g/mol. The summed E-state index contributed by atoms with van der Waals surface area (Å²) in [5.41, 5.74) is 0.360. The molecule has 25 heavy (non-hydrogen) atoms. The van der Waals surface area contributed by atoms with Crippen molar-refractivity contribution in [3.8, 4) is 0 Å². The van der Waals surface area contributed by atoms with E-state index in [4.69, 9.17) is 0 Å². The Bertz CT molecular complexity index is 755. The van der Waals surface area contributed by atoms with Gasteiger partial charge in [-0.15, -0.1) is 0 Å². The highest BCUT2D eigenvalue weighted by Gasteiger charge is 2.49. The molecule has 4 rings (SSSR count). The second-order valence-electron chi connectivity index (χ2n) is 7.35. The summed E-state index contributed by atoms with van der Waals surface area (Å²) in [7, 11) is 0. The number of nitrogens with zero attached hydrogens (tertiary/aromatic N) is 2. The van der Waals surface area contributed by atoms with Crippen LogP contribution in [-0.2, 0) is 12.1 Å². The van der Waals surface area contributed by atoms with Crippen molar-refractivity contribution in [1.82, 2.24) is 9.88 Å². The van der Waals surface area contributed by atoms with Gasteiger partial charge in [0.05, 0.1) is 5.60 Å². The van der Waals surface area contributed by atoms with Crippen LogP contribution >= 0.6 is 0 Å². The summed E-state index contributed by atoms with van der Waals surface area (Å²) in [4.78, 5) is 6.30. The summed E-state index contributed by atoms with van der Waals surface area (Å²) in [5.74, 6) is -0.323. The summed E-state index contributed by atoms with van der Waals surface area (Å²) in [6.45, 7) is 1.87. The van der Waals surface area contributed by atoms with Gasteiger partial charge in [0.15, 0.2) is 0 Å². The molecule has 2 heterocycles. The van der Waals surface area contributed by atoms with Gasteiger partial charge in [-0.1, -0.05) is 6.07 Å². The molecule has 1 aliphatic heterocycles. The lowest BCUT2D eigenvalue weighted by atomic mass is 9.68. The van der Waals surface area contributed by atoms with Gasteiger partial charge in [-0.05, 0) is 49.4 Å². The van der Waals surface area contributed by atoms with Crippen molar-refractivity contribution < 1.29 is 13.9 Å². The van der Waals surface area contributed by atoms with Gasteiger partial charge in [-0.25, -0.2) is 8.78 Å². The van der Waals surface area contributed by atoms with Crippen LogP contribution in [0.15, 0.2) is 42.7 Å². The van der Waals surface area contributed by atoms with E-state index in [0.29, 0.717) is 24.6 Å². The molecule has 3 atom stereocenters. The fourth-order valence-corrected chi connectivity index (χ4v) is 4.62. The molecule has 132 valence electrons. The Morgan fingerprint density at radius 1 is 1.24 bits per heavy atom. The molecule has 1 saturated carbocycles. The Morgan fingerprint density at radius 3 is 2.92 bits per heavy atom. The van der Waals surface area contributed by atoms with Crippen LogP contribution in [0.4, 0.5) is 8.78 Å². The molecule has 2 aliphatic rings. The number of aliphatic hydroxyl groups is 1. The Balaban J connectivity index is 1.56. The van der Waals surface area contributed by atoms with Crippen molar-refractivity contribution in [3.05, 3.63) is 65.5 Å². The van der Waals surface area contributed by atoms with Crippen LogP contribution in [0.2, 0.25) is 0 Å². The summed E-state index contributed by atoms with van der Waals surface area (Å²) >= 11 is 0. The smallest absolute Gasteiger partial charge is 0.127 e. The quantitative estimate of drug-likeness (QED) is 0.926. The van der Waals surface area contributed by atoms with Crippen LogP contribution in [0.3, 0.4) is 0 Å². The van der Waals surface area contributed by atoms with E-state index < -0.39 is 11.4 Å². The monoisotopic (exact) mass is 344 g/mol. The van der Waals surface area contributed by atoms with E-state index in [-0.39, 0.29) is 11.7 Å². The molecule has 2 aromatic rings. The van der Waals surface area contributed by atoms with E-state index in [1.807, 2.05) is 12.1 Å². The van der Waals surface area contributed by atoms with Gasteiger partial charge >= 0.3 is 0 Å². The zero-order valence-electron chi connectivity index (χ0n) is 14.0. The third kappa shape index (κ3) is 3.07. The number of halogens is 2. The van der Waals surface area contributed by atoms with E-state index in [1.165, 1.54) is 12.1 Å². The molecular weight excluding hydrogens is 322 g/mol. The Kier molecular flexibility index (Phi) is 4.29. The minimum Gasteiger partial charge on any atom is -0.385 e. The fraction of sp³-hybridized carbons (Fsp3) is 0.450. The third-order valence-electron chi connectivity index (χ3n) is 5.83. The topological polar surface area (TPSA) is 36.4 Å². The lowest BCUT2D eigenvalue weighted by molar-refractivity contribution is -0.0651. The molecule has 1 aliphatic carbocycles. The molecule has 0 spiro atoms. The highest BCUT2D eigenvalue weighted by Crippen LogP contribution is 2.48. The van der Waals surface area contributed by atoms with E-state index in [2.05, 4.69) is 9.88 Å². The van der Waals surface area contributed by atoms with Crippen LogP contribution in [0.25, 0.3) is 0 Å². The summed E-state index contributed by atoms with van der Waals surface area (Å²) in [6, 6.07) is 7.38. The van der Waals surface area contributed by atoms with E-state index in [0.717, 1.165) is 37.4 Å². The van der Waals surface area contributed by atoms with Gasteiger partial charge in [0.1, 0.15) is 11.6 Å². The van der Waals surface area contributed by atoms with Crippen LogP contribution in [-0.4, -0.2) is 28.1 Å². The van der Waals surface area contributed by atoms with Crippen molar-refractivity contribution in [2.75, 3.05) is 13.1 Å². The van der Waals surface area contributed by atoms with Crippen molar-refractivity contribution in [2.24, 2.45) is 11.8 Å². The van der Waals surface area contributed by atoms with E-state index in [9.17, 15) is 13.9 Å².